The highest BCUT2D eigenvalue weighted by Gasteiger charge is 2.14. The first kappa shape index (κ1) is 16.9. The van der Waals surface area contributed by atoms with Crippen LogP contribution >= 0.6 is 0 Å². The number of pyridine rings is 1. The van der Waals surface area contributed by atoms with Gasteiger partial charge in [0.15, 0.2) is 0 Å². The number of benzene rings is 1. The summed E-state index contributed by atoms with van der Waals surface area (Å²) in [6.45, 7) is 10.6. The van der Waals surface area contributed by atoms with E-state index in [1.54, 1.807) is 0 Å². The van der Waals surface area contributed by atoms with Gasteiger partial charge < -0.3 is 9.30 Å². The molecule has 3 aromatic rings. The van der Waals surface area contributed by atoms with Gasteiger partial charge in [-0.2, -0.15) is 0 Å². The van der Waals surface area contributed by atoms with Crippen LogP contribution in [-0.2, 0) is 11.5 Å². The van der Waals surface area contributed by atoms with Crippen LogP contribution < -0.4 is 0 Å². The van der Waals surface area contributed by atoms with Crippen molar-refractivity contribution >= 4 is 19.0 Å². The molecule has 0 spiro atoms. The molecule has 0 saturated heterocycles. The van der Waals surface area contributed by atoms with Crippen LogP contribution in [0.2, 0.25) is 25.7 Å². The molecule has 0 fully saturated rings. The Kier molecular flexibility index (Phi) is 4.87. The number of hydrogen-bond acceptors (Lipinski definition) is 2. The smallest absolute Gasteiger partial charge is 0.123 e. The average Bonchev–Trinajstić information content (AvgIpc) is 2.90. The topological polar surface area (TPSA) is 27.1 Å². The summed E-state index contributed by atoms with van der Waals surface area (Å²) in [5, 5.41) is 1.24. The summed E-state index contributed by atoms with van der Waals surface area (Å²) < 4.78 is 8.28. The lowest BCUT2D eigenvalue weighted by molar-refractivity contribution is 0.0913. The summed E-state index contributed by atoms with van der Waals surface area (Å²) in [6, 6.07) is 16.1. The van der Waals surface area contributed by atoms with E-state index in [0.717, 1.165) is 23.6 Å². The Morgan fingerprint density at radius 3 is 2.58 bits per heavy atom. The Labute approximate surface area is 145 Å². The predicted octanol–water partition coefficient (Wildman–Crippen LogP) is 5.32. The zero-order valence-electron chi connectivity index (χ0n) is 15.0. The van der Waals surface area contributed by atoms with Crippen molar-refractivity contribution in [3.8, 4) is 11.3 Å². The van der Waals surface area contributed by atoms with E-state index in [-0.39, 0.29) is 0 Å². The fourth-order valence-electron chi connectivity index (χ4n) is 2.74. The Hall–Kier alpha value is -1.91. The van der Waals surface area contributed by atoms with Gasteiger partial charge in [-0.25, -0.2) is 0 Å². The molecular formula is C20H26N2OSi. The van der Waals surface area contributed by atoms with Gasteiger partial charge in [-0.3, -0.25) is 4.98 Å². The number of nitrogens with zero attached hydrogens (tertiary/aromatic N) is 2. The molecule has 126 valence electrons. The van der Waals surface area contributed by atoms with Crippen molar-refractivity contribution in [3.05, 3.63) is 54.4 Å². The van der Waals surface area contributed by atoms with E-state index in [2.05, 4.69) is 71.7 Å². The minimum atomic E-state index is -1.06. The molecule has 24 heavy (non-hydrogen) atoms. The third-order valence-corrected chi connectivity index (χ3v) is 5.94. The van der Waals surface area contributed by atoms with E-state index in [1.807, 2.05) is 13.1 Å². The minimum Gasteiger partial charge on any atom is -0.361 e. The number of para-hydroxylation sites is 1. The molecule has 0 saturated carbocycles. The molecule has 2 aromatic heterocycles. The molecule has 1 aromatic carbocycles. The molecule has 0 amide bonds. The summed E-state index contributed by atoms with van der Waals surface area (Å²) in [5.74, 6) is 0. The molecule has 0 aliphatic carbocycles. The summed E-state index contributed by atoms with van der Waals surface area (Å²) in [5.41, 5.74) is 4.54. The van der Waals surface area contributed by atoms with Crippen molar-refractivity contribution in [2.45, 2.75) is 39.3 Å². The van der Waals surface area contributed by atoms with E-state index in [4.69, 9.17) is 4.74 Å². The maximum Gasteiger partial charge on any atom is 0.123 e. The monoisotopic (exact) mass is 338 g/mol. The van der Waals surface area contributed by atoms with Crippen molar-refractivity contribution in [2.24, 2.45) is 0 Å². The summed E-state index contributed by atoms with van der Waals surface area (Å²) >= 11 is 0. The fraction of sp³-hybridized carbons (Fsp3) is 0.350. The molecule has 2 heterocycles. The van der Waals surface area contributed by atoms with E-state index in [9.17, 15) is 0 Å². The second-order valence-electron chi connectivity index (χ2n) is 7.55. The first-order chi connectivity index (χ1) is 11.4. The Morgan fingerprint density at radius 1 is 1.08 bits per heavy atom. The highest BCUT2D eigenvalue weighted by molar-refractivity contribution is 6.76. The van der Waals surface area contributed by atoms with Gasteiger partial charge in [-0.05, 0) is 37.2 Å². The molecular weight excluding hydrogens is 312 g/mol. The first-order valence-electron chi connectivity index (χ1n) is 8.53. The van der Waals surface area contributed by atoms with E-state index in [1.165, 1.54) is 16.9 Å². The van der Waals surface area contributed by atoms with E-state index in [0.29, 0.717) is 6.73 Å². The predicted molar refractivity (Wildman–Crippen MR) is 104 cm³/mol. The van der Waals surface area contributed by atoms with Gasteiger partial charge >= 0.3 is 0 Å². The number of hydrogen-bond donors (Lipinski definition) is 0. The lowest BCUT2D eigenvalue weighted by Gasteiger charge is -2.17. The van der Waals surface area contributed by atoms with Crippen LogP contribution in [0.5, 0.6) is 0 Å². The molecule has 0 aliphatic rings. The number of ether oxygens (including phenoxy) is 1. The maximum atomic E-state index is 6.03. The van der Waals surface area contributed by atoms with Crippen LogP contribution in [0.4, 0.5) is 0 Å². The fourth-order valence-corrected chi connectivity index (χ4v) is 3.50. The molecule has 0 unspecified atom stereocenters. The third kappa shape index (κ3) is 3.94. The van der Waals surface area contributed by atoms with Crippen molar-refractivity contribution in [3.63, 3.8) is 0 Å². The van der Waals surface area contributed by atoms with Crippen molar-refractivity contribution in [1.82, 2.24) is 9.55 Å². The van der Waals surface area contributed by atoms with E-state index >= 15 is 0 Å². The van der Waals surface area contributed by atoms with Gasteiger partial charge in [0.25, 0.3) is 0 Å². The van der Waals surface area contributed by atoms with Crippen LogP contribution in [0.1, 0.15) is 5.69 Å². The number of aryl methyl sites for hydroxylation is 1. The molecule has 0 aliphatic heterocycles. The maximum absolute atomic E-state index is 6.03. The number of aromatic nitrogens is 2. The lowest BCUT2D eigenvalue weighted by Crippen LogP contribution is -2.22. The minimum absolute atomic E-state index is 0.585. The lowest BCUT2D eigenvalue weighted by atomic mass is 10.2. The van der Waals surface area contributed by atoms with Gasteiger partial charge in [0.05, 0.1) is 11.2 Å². The van der Waals surface area contributed by atoms with Crippen molar-refractivity contribution < 1.29 is 4.74 Å². The second kappa shape index (κ2) is 6.91. The Bertz CT molecular complexity index is 816. The Morgan fingerprint density at radius 2 is 1.88 bits per heavy atom. The standard InChI is InChI=1S/C20H26N2OSi/c1-16-9-10-18(14-21-16)20-13-17-7-5-6-8-19(17)22(20)15-23-11-12-24(2,3)4/h5-10,13-14H,11-12,15H2,1-4H3. The van der Waals surface area contributed by atoms with Gasteiger partial charge in [-0.15, -0.1) is 0 Å². The molecule has 3 rings (SSSR count). The van der Waals surface area contributed by atoms with Crippen LogP contribution in [0.3, 0.4) is 0 Å². The highest BCUT2D eigenvalue weighted by atomic mass is 28.3. The molecule has 0 N–H and O–H groups in total. The van der Waals surface area contributed by atoms with Gasteiger partial charge in [-0.1, -0.05) is 37.8 Å². The zero-order chi connectivity index (χ0) is 17.2. The normalized spacial score (nSPS) is 12.0. The summed E-state index contributed by atoms with van der Waals surface area (Å²) in [4.78, 5) is 4.45. The number of rotatable bonds is 6. The summed E-state index contributed by atoms with van der Waals surface area (Å²) in [7, 11) is -1.06. The molecule has 3 nitrogen and oxygen atoms in total. The average molecular weight is 339 g/mol. The second-order valence-corrected chi connectivity index (χ2v) is 13.2. The van der Waals surface area contributed by atoms with Gasteiger partial charge in [0.1, 0.15) is 6.73 Å². The Balaban J connectivity index is 1.89. The SMILES string of the molecule is Cc1ccc(-c2cc3ccccc3n2COCC[Si](C)(C)C)cn1. The van der Waals surface area contributed by atoms with Crippen LogP contribution in [0.25, 0.3) is 22.2 Å². The van der Waals surface area contributed by atoms with Crippen LogP contribution in [0, 0.1) is 6.92 Å². The van der Waals surface area contributed by atoms with E-state index < -0.39 is 8.07 Å². The molecule has 0 radical (unpaired) electrons. The quantitative estimate of drug-likeness (QED) is 0.449. The van der Waals surface area contributed by atoms with Crippen molar-refractivity contribution in [2.75, 3.05) is 6.61 Å². The molecule has 4 heteroatoms. The zero-order valence-corrected chi connectivity index (χ0v) is 16.0. The summed E-state index contributed by atoms with van der Waals surface area (Å²) in [6.07, 6.45) is 1.95. The highest BCUT2D eigenvalue weighted by Crippen LogP contribution is 2.28. The third-order valence-electron chi connectivity index (χ3n) is 4.23. The number of fused-ring (bicyclic) bond motifs is 1. The van der Waals surface area contributed by atoms with Gasteiger partial charge in [0.2, 0.25) is 0 Å². The molecule has 0 atom stereocenters. The molecule has 0 bridgehead atoms. The first-order valence-corrected chi connectivity index (χ1v) is 12.2. The van der Waals surface area contributed by atoms with Crippen LogP contribution in [-0.4, -0.2) is 24.2 Å². The van der Waals surface area contributed by atoms with Crippen LogP contribution in [0.15, 0.2) is 48.7 Å². The van der Waals surface area contributed by atoms with Gasteiger partial charge in [0, 0.05) is 37.5 Å². The van der Waals surface area contributed by atoms with Crippen molar-refractivity contribution in [1.29, 1.82) is 0 Å². The largest absolute Gasteiger partial charge is 0.361 e.